The van der Waals surface area contributed by atoms with Crippen LogP contribution in [-0.4, -0.2) is 19.1 Å². The molecule has 1 aromatic heterocycles. The van der Waals surface area contributed by atoms with Crippen LogP contribution in [0.25, 0.3) is 0 Å². The number of hydrogen-bond acceptors (Lipinski definition) is 6. The molecule has 1 N–H and O–H groups in total. The van der Waals surface area contributed by atoms with Crippen LogP contribution < -0.4 is 4.72 Å². The van der Waals surface area contributed by atoms with Crippen LogP contribution in [0.3, 0.4) is 0 Å². The van der Waals surface area contributed by atoms with E-state index in [0.29, 0.717) is 10.4 Å². The number of ketones is 1. The van der Waals surface area contributed by atoms with E-state index in [-0.39, 0.29) is 12.2 Å². The molecule has 0 bridgehead atoms. The van der Waals surface area contributed by atoms with E-state index in [4.69, 9.17) is 0 Å². The zero-order chi connectivity index (χ0) is 15.9. The van der Waals surface area contributed by atoms with Gasteiger partial charge in [0, 0.05) is 12.5 Å². The van der Waals surface area contributed by atoms with Gasteiger partial charge in [-0.05, 0) is 23.1 Å². The van der Waals surface area contributed by atoms with Crippen LogP contribution in [0.1, 0.15) is 27.7 Å². The molecule has 0 amide bonds. The number of Topliss-reactive ketones (excluding diaryl/α,β-unsaturated/α-hetero) is 1. The predicted octanol–water partition coefficient (Wildman–Crippen LogP) is 2.26. The molecular formula is C13H10N2O5S2. The first-order valence-electron chi connectivity index (χ1n) is 6.26. The molecule has 0 radical (unpaired) electrons. The van der Waals surface area contributed by atoms with Crippen LogP contribution in [0.4, 0.5) is 5.69 Å². The quantitative estimate of drug-likeness (QED) is 0.680. The van der Waals surface area contributed by atoms with Crippen molar-refractivity contribution < 1.29 is 18.1 Å². The second-order valence-electron chi connectivity index (χ2n) is 4.73. The highest BCUT2D eigenvalue weighted by atomic mass is 32.2. The minimum Gasteiger partial charge on any atom is -0.293 e. The van der Waals surface area contributed by atoms with Crippen molar-refractivity contribution in [3.05, 3.63) is 56.3 Å². The van der Waals surface area contributed by atoms with Crippen molar-refractivity contribution in [2.75, 3.05) is 0 Å². The van der Waals surface area contributed by atoms with Crippen LogP contribution >= 0.6 is 11.3 Å². The van der Waals surface area contributed by atoms with Gasteiger partial charge in [-0.3, -0.25) is 14.9 Å². The highest BCUT2D eigenvalue weighted by Gasteiger charge is 2.35. The van der Waals surface area contributed by atoms with Gasteiger partial charge in [0.2, 0.25) is 10.0 Å². The van der Waals surface area contributed by atoms with Crippen molar-refractivity contribution in [1.82, 2.24) is 4.72 Å². The van der Waals surface area contributed by atoms with Gasteiger partial charge in [0.15, 0.2) is 10.7 Å². The van der Waals surface area contributed by atoms with Crippen molar-refractivity contribution in [2.24, 2.45) is 0 Å². The molecule has 0 unspecified atom stereocenters. The van der Waals surface area contributed by atoms with Gasteiger partial charge in [-0.25, -0.2) is 13.1 Å². The number of nitro benzene ring substituents is 1. The summed E-state index contributed by atoms with van der Waals surface area (Å²) >= 11 is 1.26. The summed E-state index contributed by atoms with van der Waals surface area (Å²) < 4.78 is 27.2. The highest BCUT2D eigenvalue weighted by molar-refractivity contribution is 7.89. The summed E-state index contributed by atoms with van der Waals surface area (Å²) in [6, 6.07) is 6.12. The Morgan fingerprint density at radius 1 is 1.27 bits per heavy atom. The Bertz CT molecular complexity index is 872. The molecule has 0 fully saturated rings. The molecule has 114 valence electrons. The number of nitro groups is 1. The van der Waals surface area contributed by atoms with E-state index in [9.17, 15) is 23.3 Å². The molecule has 1 aliphatic carbocycles. The zero-order valence-corrected chi connectivity index (χ0v) is 12.7. The Morgan fingerprint density at radius 2 is 2.00 bits per heavy atom. The van der Waals surface area contributed by atoms with Crippen LogP contribution in [0.15, 0.2) is 40.6 Å². The predicted molar refractivity (Wildman–Crippen MR) is 79.4 cm³/mol. The van der Waals surface area contributed by atoms with Gasteiger partial charge in [0.05, 0.1) is 15.8 Å². The van der Waals surface area contributed by atoms with Crippen molar-refractivity contribution in [3.63, 3.8) is 0 Å². The molecule has 0 spiro atoms. The van der Waals surface area contributed by atoms with Gasteiger partial charge in [-0.1, -0.05) is 12.1 Å². The van der Waals surface area contributed by atoms with Crippen LogP contribution in [0.2, 0.25) is 0 Å². The molecule has 0 saturated carbocycles. The third-order valence-electron chi connectivity index (χ3n) is 3.36. The van der Waals surface area contributed by atoms with E-state index in [2.05, 4.69) is 4.72 Å². The van der Waals surface area contributed by atoms with E-state index in [0.717, 1.165) is 6.07 Å². The van der Waals surface area contributed by atoms with Gasteiger partial charge in [0.25, 0.3) is 5.69 Å². The molecule has 0 aliphatic heterocycles. The molecular weight excluding hydrogens is 328 g/mol. The number of rotatable bonds is 4. The molecule has 3 rings (SSSR count). The van der Waals surface area contributed by atoms with E-state index in [1.807, 2.05) is 0 Å². The Labute approximate surface area is 129 Å². The molecule has 9 heteroatoms. The van der Waals surface area contributed by atoms with E-state index < -0.39 is 31.6 Å². The highest BCUT2D eigenvalue weighted by Crippen LogP contribution is 2.36. The molecule has 22 heavy (non-hydrogen) atoms. The number of benzene rings is 1. The summed E-state index contributed by atoms with van der Waals surface area (Å²) in [6.07, 6.45) is 0.0296. The minimum atomic E-state index is -4.10. The monoisotopic (exact) mass is 338 g/mol. The third kappa shape index (κ3) is 2.43. The van der Waals surface area contributed by atoms with Crippen molar-refractivity contribution >= 4 is 32.8 Å². The van der Waals surface area contributed by atoms with E-state index in [1.165, 1.54) is 29.5 Å². The number of fused-ring (bicyclic) bond motifs is 1. The average Bonchev–Trinajstić information content (AvgIpc) is 3.04. The summed E-state index contributed by atoms with van der Waals surface area (Å²) in [6.45, 7) is 0. The van der Waals surface area contributed by atoms with Gasteiger partial charge < -0.3 is 0 Å². The number of thiophene rings is 1. The topological polar surface area (TPSA) is 106 Å². The molecule has 1 atom stereocenters. The fraction of sp³-hybridized carbons (Fsp3) is 0.154. The first-order chi connectivity index (χ1) is 10.4. The van der Waals surface area contributed by atoms with Crippen LogP contribution in [-0.2, 0) is 10.0 Å². The number of hydrogen-bond donors (Lipinski definition) is 1. The lowest BCUT2D eigenvalue weighted by molar-refractivity contribution is -0.387. The fourth-order valence-corrected chi connectivity index (χ4v) is 4.70. The van der Waals surface area contributed by atoms with Gasteiger partial charge in [-0.2, -0.15) is 0 Å². The largest absolute Gasteiger partial charge is 0.293 e. The minimum absolute atomic E-state index is 0.0296. The van der Waals surface area contributed by atoms with Gasteiger partial charge in [0.1, 0.15) is 0 Å². The van der Waals surface area contributed by atoms with Gasteiger partial charge >= 0.3 is 0 Å². The number of carbonyl (C=O) groups is 1. The van der Waals surface area contributed by atoms with Crippen molar-refractivity contribution in [1.29, 1.82) is 0 Å². The Balaban J connectivity index is 1.97. The van der Waals surface area contributed by atoms with Gasteiger partial charge in [-0.15, -0.1) is 11.3 Å². The maximum atomic E-state index is 12.4. The number of nitrogens with zero attached hydrogens (tertiary/aromatic N) is 1. The van der Waals surface area contributed by atoms with Crippen LogP contribution in [0, 0.1) is 10.1 Å². The van der Waals surface area contributed by atoms with E-state index in [1.54, 1.807) is 11.4 Å². The first-order valence-corrected chi connectivity index (χ1v) is 8.63. The normalized spacial score (nSPS) is 17.5. The summed E-state index contributed by atoms with van der Waals surface area (Å²) in [5.74, 6) is -0.125. The SMILES string of the molecule is O=C1C[C@@H](NS(=O)(=O)c2ccccc2[N+](=O)[O-])c2ccsc21. The Hall–Kier alpha value is -2.10. The smallest absolute Gasteiger partial charge is 0.289 e. The molecule has 2 aromatic rings. The summed E-state index contributed by atoms with van der Waals surface area (Å²) in [5.41, 5.74) is 0.127. The fourth-order valence-electron chi connectivity index (χ4n) is 2.40. The van der Waals surface area contributed by atoms with Crippen LogP contribution in [0.5, 0.6) is 0 Å². The maximum Gasteiger partial charge on any atom is 0.289 e. The number of sulfonamides is 1. The standard InChI is InChI=1S/C13H10N2O5S2/c16-11-7-9(8-5-6-21-13(8)11)14-22(19,20)12-4-2-1-3-10(12)15(17)18/h1-6,9,14H,7H2/t9-/m1/s1. The number of nitrogens with one attached hydrogen (secondary N) is 1. The first kappa shape index (κ1) is 14.8. The summed E-state index contributed by atoms with van der Waals surface area (Å²) in [7, 11) is -4.10. The molecule has 1 aliphatic rings. The lowest BCUT2D eigenvalue weighted by Crippen LogP contribution is -2.28. The summed E-state index contributed by atoms with van der Waals surface area (Å²) in [4.78, 5) is 22.2. The molecule has 1 aromatic carbocycles. The molecule has 1 heterocycles. The molecule has 7 nitrogen and oxygen atoms in total. The Morgan fingerprint density at radius 3 is 2.73 bits per heavy atom. The van der Waals surface area contributed by atoms with Crippen molar-refractivity contribution in [3.8, 4) is 0 Å². The van der Waals surface area contributed by atoms with Crippen molar-refractivity contribution in [2.45, 2.75) is 17.4 Å². The lowest BCUT2D eigenvalue weighted by atomic mass is 10.2. The number of carbonyl (C=O) groups excluding carboxylic acids is 1. The summed E-state index contributed by atoms with van der Waals surface area (Å²) in [5, 5.41) is 12.7. The molecule has 0 saturated heterocycles. The zero-order valence-electron chi connectivity index (χ0n) is 11.1. The van der Waals surface area contributed by atoms with E-state index >= 15 is 0 Å². The number of para-hydroxylation sites is 1. The second-order valence-corrected chi connectivity index (χ2v) is 7.33. The average molecular weight is 338 g/mol. The Kier molecular flexibility index (Phi) is 3.55. The maximum absolute atomic E-state index is 12.4. The third-order valence-corrected chi connectivity index (χ3v) is 5.85. The lowest BCUT2D eigenvalue weighted by Gasteiger charge is -2.12. The second kappa shape index (κ2) is 5.27.